The van der Waals surface area contributed by atoms with Crippen molar-refractivity contribution in [2.75, 3.05) is 0 Å². The third-order valence-electron chi connectivity index (χ3n) is 3.65. The summed E-state index contributed by atoms with van der Waals surface area (Å²) in [5, 5.41) is 0. The van der Waals surface area contributed by atoms with Crippen molar-refractivity contribution in [1.82, 2.24) is 0 Å². The number of hydrogen-bond acceptors (Lipinski definition) is 2. The van der Waals surface area contributed by atoms with Crippen LogP contribution in [0.2, 0.25) is 0 Å². The Morgan fingerprint density at radius 3 is 2.76 bits per heavy atom. The van der Waals surface area contributed by atoms with Crippen molar-refractivity contribution in [3.8, 4) is 0 Å². The maximum Gasteiger partial charge on any atom is 0.164 e. The van der Waals surface area contributed by atoms with Crippen LogP contribution < -0.4 is 5.73 Å². The van der Waals surface area contributed by atoms with Gasteiger partial charge in [0.2, 0.25) is 0 Å². The maximum atomic E-state index is 12.1. The number of ketones is 1. The van der Waals surface area contributed by atoms with Crippen molar-refractivity contribution in [2.24, 2.45) is 5.73 Å². The molecule has 0 heterocycles. The molecule has 0 aliphatic heterocycles. The topological polar surface area (TPSA) is 43.1 Å². The molecule has 1 aromatic carbocycles. The highest BCUT2D eigenvalue weighted by Crippen LogP contribution is 2.33. The molecule has 92 valence electrons. The fraction of sp³-hybridized carbons (Fsp3) is 0.533. The van der Waals surface area contributed by atoms with Crippen molar-refractivity contribution in [3.05, 3.63) is 35.4 Å². The lowest BCUT2D eigenvalue weighted by Crippen LogP contribution is -2.48. The third kappa shape index (κ3) is 2.95. The molecule has 2 nitrogen and oxygen atoms in total. The summed E-state index contributed by atoms with van der Waals surface area (Å²) < 4.78 is 0. The van der Waals surface area contributed by atoms with Gasteiger partial charge in [-0.2, -0.15) is 0 Å². The summed E-state index contributed by atoms with van der Waals surface area (Å²) in [6.07, 6.45) is 5.80. The Labute approximate surface area is 103 Å². The molecule has 0 spiro atoms. The van der Waals surface area contributed by atoms with E-state index < -0.39 is 0 Å². The number of benzene rings is 1. The number of carbonyl (C=O) groups is 1. The van der Waals surface area contributed by atoms with E-state index in [1.165, 1.54) is 12.0 Å². The van der Waals surface area contributed by atoms with Gasteiger partial charge in [-0.3, -0.25) is 4.79 Å². The number of rotatable bonds is 5. The molecule has 0 radical (unpaired) electrons. The van der Waals surface area contributed by atoms with Crippen LogP contribution in [0, 0.1) is 0 Å². The normalized spacial score (nSPS) is 17.5. The van der Waals surface area contributed by atoms with Gasteiger partial charge in [-0.05, 0) is 37.3 Å². The van der Waals surface area contributed by atoms with E-state index in [9.17, 15) is 4.79 Å². The van der Waals surface area contributed by atoms with Crippen LogP contribution in [-0.4, -0.2) is 11.3 Å². The van der Waals surface area contributed by atoms with Gasteiger partial charge in [0.25, 0.3) is 0 Å². The number of hydrogen-bond donors (Lipinski definition) is 1. The predicted octanol–water partition coefficient (Wildman–Crippen LogP) is 3.09. The van der Waals surface area contributed by atoms with E-state index in [1.54, 1.807) is 0 Å². The zero-order valence-electron chi connectivity index (χ0n) is 10.5. The third-order valence-corrected chi connectivity index (χ3v) is 3.65. The molecule has 0 atom stereocenters. The fourth-order valence-corrected chi connectivity index (χ4v) is 2.42. The number of carbonyl (C=O) groups excluding carboxylic acids is 1. The molecule has 1 aliphatic carbocycles. The highest BCUT2D eigenvalue weighted by atomic mass is 16.1. The van der Waals surface area contributed by atoms with Crippen molar-refractivity contribution >= 4 is 5.78 Å². The van der Waals surface area contributed by atoms with Crippen LogP contribution >= 0.6 is 0 Å². The first kappa shape index (κ1) is 12.3. The smallest absolute Gasteiger partial charge is 0.164 e. The molecule has 0 aromatic heterocycles. The Morgan fingerprint density at radius 1 is 1.41 bits per heavy atom. The van der Waals surface area contributed by atoms with Crippen LogP contribution in [0.3, 0.4) is 0 Å². The number of aryl methyl sites for hydroxylation is 1. The van der Waals surface area contributed by atoms with Crippen molar-refractivity contribution in [3.63, 3.8) is 0 Å². The second kappa shape index (κ2) is 5.01. The van der Waals surface area contributed by atoms with Gasteiger partial charge < -0.3 is 5.73 Å². The summed E-state index contributed by atoms with van der Waals surface area (Å²) in [5.41, 5.74) is 7.98. The Hall–Kier alpha value is -1.15. The van der Waals surface area contributed by atoms with Crippen LogP contribution in [0.4, 0.5) is 0 Å². The van der Waals surface area contributed by atoms with Gasteiger partial charge in [-0.1, -0.05) is 31.5 Å². The minimum atomic E-state index is -0.210. The minimum absolute atomic E-state index is 0.199. The first-order valence-electron chi connectivity index (χ1n) is 6.54. The van der Waals surface area contributed by atoms with Gasteiger partial charge in [-0.25, -0.2) is 0 Å². The van der Waals surface area contributed by atoms with Gasteiger partial charge in [-0.15, -0.1) is 0 Å². The molecule has 0 saturated heterocycles. The van der Waals surface area contributed by atoms with E-state index in [-0.39, 0.29) is 11.3 Å². The average molecular weight is 231 g/mol. The first-order chi connectivity index (χ1) is 8.13. The molecule has 1 aromatic rings. The van der Waals surface area contributed by atoms with Gasteiger partial charge in [0, 0.05) is 17.5 Å². The summed E-state index contributed by atoms with van der Waals surface area (Å²) in [6, 6.07) is 7.99. The molecule has 1 aliphatic rings. The quantitative estimate of drug-likeness (QED) is 0.791. The van der Waals surface area contributed by atoms with Crippen molar-refractivity contribution in [2.45, 2.75) is 51.0 Å². The average Bonchev–Trinajstić information content (AvgIpc) is 2.28. The van der Waals surface area contributed by atoms with Crippen molar-refractivity contribution < 1.29 is 4.79 Å². The molecular weight excluding hydrogens is 210 g/mol. The van der Waals surface area contributed by atoms with Crippen LogP contribution in [0.15, 0.2) is 24.3 Å². The van der Waals surface area contributed by atoms with E-state index in [0.717, 1.165) is 31.2 Å². The molecule has 17 heavy (non-hydrogen) atoms. The maximum absolute atomic E-state index is 12.1. The van der Waals surface area contributed by atoms with Gasteiger partial charge >= 0.3 is 0 Å². The first-order valence-corrected chi connectivity index (χ1v) is 6.54. The van der Waals surface area contributed by atoms with E-state index in [1.807, 2.05) is 18.2 Å². The van der Waals surface area contributed by atoms with Gasteiger partial charge in [0.1, 0.15) is 0 Å². The lowest BCUT2D eigenvalue weighted by atomic mass is 9.74. The molecule has 2 N–H and O–H groups in total. The SMILES string of the molecule is CCCc1cccc(C(=O)CC2(N)CCC2)c1. The summed E-state index contributed by atoms with van der Waals surface area (Å²) in [4.78, 5) is 12.1. The number of Topliss-reactive ketones (excluding diaryl/α,β-unsaturated/α-hetero) is 1. The second-order valence-electron chi connectivity index (χ2n) is 5.27. The molecule has 1 saturated carbocycles. The minimum Gasteiger partial charge on any atom is -0.325 e. The van der Waals surface area contributed by atoms with Crippen molar-refractivity contribution in [1.29, 1.82) is 0 Å². The van der Waals surface area contributed by atoms with Gasteiger partial charge in [0.05, 0.1) is 0 Å². The van der Waals surface area contributed by atoms with E-state index in [4.69, 9.17) is 5.73 Å². The zero-order chi connectivity index (χ0) is 12.3. The number of nitrogens with two attached hydrogens (primary N) is 1. The molecule has 0 bridgehead atoms. The Morgan fingerprint density at radius 2 is 2.18 bits per heavy atom. The fourth-order valence-electron chi connectivity index (χ4n) is 2.42. The van der Waals surface area contributed by atoms with E-state index in [0.29, 0.717) is 6.42 Å². The highest BCUT2D eigenvalue weighted by molar-refractivity contribution is 5.97. The largest absolute Gasteiger partial charge is 0.325 e. The molecule has 2 rings (SSSR count). The van der Waals surface area contributed by atoms with Crippen LogP contribution in [-0.2, 0) is 6.42 Å². The Bertz CT molecular complexity index is 407. The molecule has 0 amide bonds. The van der Waals surface area contributed by atoms with Crippen LogP contribution in [0.25, 0.3) is 0 Å². The Balaban J connectivity index is 2.05. The van der Waals surface area contributed by atoms with Crippen LogP contribution in [0.1, 0.15) is 54.9 Å². The molecule has 1 fully saturated rings. The monoisotopic (exact) mass is 231 g/mol. The molecule has 0 unspecified atom stereocenters. The standard InChI is InChI=1S/C15H21NO/c1-2-5-12-6-3-7-13(10-12)14(17)11-15(16)8-4-9-15/h3,6-7,10H,2,4-5,8-9,11,16H2,1H3. The van der Waals surface area contributed by atoms with E-state index >= 15 is 0 Å². The molecular formula is C15H21NO. The summed E-state index contributed by atoms with van der Waals surface area (Å²) in [5.74, 6) is 0.199. The molecule has 2 heteroatoms. The summed E-state index contributed by atoms with van der Waals surface area (Å²) in [7, 11) is 0. The lowest BCUT2D eigenvalue weighted by molar-refractivity contribution is 0.0912. The van der Waals surface area contributed by atoms with Crippen LogP contribution in [0.5, 0.6) is 0 Å². The Kier molecular flexibility index (Phi) is 3.63. The van der Waals surface area contributed by atoms with Gasteiger partial charge in [0.15, 0.2) is 5.78 Å². The zero-order valence-corrected chi connectivity index (χ0v) is 10.5. The predicted molar refractivity (Wildman–Crippen MR) is 70.2 cm³/mol. The van der Waals surface area contributed by atoms with E-state index in [2.05, 4.69) is 13.0 Å². The second-order valence-corrected chi connectivity index (χ2v) is 5.27. The highest BCUT2D eigenvalue weighted by Gasteiger charge is 2.34. The lowest BCUT2D eigenvalue weighted by Gasteiger charge is -2.37. The summed E-state index contributed by atoms with van der Waals surface area (Å²) >= 11 is 0. The summed E-state index contributed by atoms with van der Waals surface area (Å²) in [6.45, 7) is 2.15.